The molecule has 0 aromatic carbocycles. The lowest BCUT2D eigenvalue weighted by molar-refractivity contribution is -0.149. The number of hydrogen-bond donors (Lipinski definition) is 1. The Bertz CT molecular complexity index is 419. The fourth-order valence-electron chi connectivity index (χ4n) is 1.82. The number of nitrogens with zero attached hydrogens (tertiary/aromatic N) is 1. The first-order chi connectivity index (χ1) is 7.65. The average Bonchev–Trinajstić information content (AvgIpc) is 2.70. The molecular formula is C11H13NO4. The molecule has 2 unspecified atom stereocenters. The number of aromatic nitrogens is 1. The molecule has 2 heterocycles. The van der Waals surface area contributed by atoms with Gasteiger partial charge in [0.2, 0.25) is 0 Å². The maximum Gasteiger partial charge on any atom is 0.332 e. The summed E-state index contributed by atoms with van der Waals surface area (Å²) in [5.74, 6) is -0.901. The van der Waals surface area contributed by atoms with Crippen LogP contribution in [0.1, 0.15) is 12.8 Å². The van der Waals surface area contributed by atoms with Crippen LogP contribution in [0.3, 0.4) is 0 Å². The topological polar surface area (TPSA) is 68.5 Å². The van der Waals surface area contributed by atoms with Gasteiger partial charge in [0, 0.05) is 31.1 Å². The molecule has 5 nitrogen and oxygen atoms in total. The van der Waals surface area contributed by atoms with Crippen LogP contribution in [0.4, 0.5) is 0 Å². The summed E-state index contributed by atoms with van der Waals surface area (Å²) >= 11 is 0. The predicted octanol–water partition coefficient (Wildman–Crippen LogP) is 0.480. The second kappa shape index (κ2) is 4.49. The number of hydrogen-bond acceptors (Lipinski definition) is 3. The van der Waals surface area contributed by atoms with Gasteiger partial charge in [-0.3, -0.25) is 4.79 Å². The number of rotatable bonds is 3. The lowest BCUT2D eigenvalue weighted by atomic mass is 10.2. The van der Waals surface area contributed by atoms with Gasteiger partial charge in [-0.1, -0.05) is 0 Å². The van der Waals surface area contributed by atoms with Crippen molar-refractivity contribution in [2.75, 3.05) is 0 Å². The highest BCUT2D eigenvalue weighted by molar-refractivity contribution is 5.72. The summed E-state index contributed by atoms with van der Waals surface area (Å²) in [4.78, 5) is 21.5. The molecule has 16 heavy (non-hydrogen) atoms. The SMILES string of the molecule is O=C(O)C1CCC(Cn2ccc(=O)cc2)O1. The van der Waals surface area contributed by atoms with Gasteiger partial charge in [-0.05, 0) is 12.8 Å². The Morgan fingerprint density at radius 1 is 1.44 bits per heavy atom. The molecule has 1 N–H and O–H groups in total. The fraction of sp³-hybridized carbons (Fsp3) is 0.455. The Kier molecular flexibility index (Phi) is 3.05. The van der Waals surface area contributed by atoms with E-state index in [1.807, 2.05) is 4.57 Å². The van der Waals surface area contributed by atoms with Gasteiger partial charge in [0.25, 0.3) is 0 Å². The summed E-state index contributed by atoms with van der Waals surface area (Å²) in [6, 6.07) is 2.95. The quantitative estimate of drug-likeness (QED) is 0.809. The van der Waals surface area contributed by atoms with Gasteiger partial charge in [0.1, 0.15) is 0 Å². The van der Waals surface area contributed by atoms with E-state index in [-0.39, 0.29) is 11.5 Å². The van der Waals surface area contributed by atoms with Crippen LogP contribution in [0.5, 0.6) is 0 Å². The number of pyridine rings is 1. The van der Waals surface area contributed by atoms with E-state index >= 15 is 0 Å². The third-order valence-corrected chi connectivity index (χ3v) is 2.66. The molecular weight excluding hydrogens is 210 g/mol. The van der Waals surface area contributed by atoms with Gasteiger partial charge in [-0.15, -0.1) is 0 Å². The summed E-state index contributed by atoms with van der Waals surface area (Å²) in [6.45, 7) is 0.587. The molecule has 1 aliphatic rings. The normalized spacial score (nSPS) is 24.5. The van der Waals surface area contributed by atoms with Crippen LogP contribution in [0, 0.1) is 0 Å². The predicted molar refractivity (Wildman–Crippen MR) is 56.2 cm³/mol. The molecule has 5 heteroatoms. The van der Waals surface area contributed by atoms with Crippen LogP contribution in [0.15, 0.2) is 29.3 Å². The molecule has 0 radical (unpaired) electrons. The summed E-state index contributed by atoms with van der Waals surface area (Å²) in [5, 5.41) is 8.76. The summed E-state index contributed by atoms with van der Waals surface area (Å²) in [7, 11) is 0. The van der Waals surface area contributed by atoms with Gasteiger partial charge in [-0.25, -0.2) is 4.79 Å². The van der Waals surface area contributed by atoms with E-state index in [2.05, 4.69) is 0 Å². The molecule has 2 atom stereocenters. The number of aliphatic carboxylic acids is 1. The van der Waals surface area contributed by atoms with E-state index in [4.69, 9.17) is 9.84 Å². The molecule has 1 aliphatic heterocycles. The zero-order valence-corrected chi connectivity index (χ0v) is 8.70. The highest BCUT2D eigenvalue weighted by Crippen LogP contribution is 2.20. The lowest BCUT2D eigenvalue weighted by Gasteiger charge is -2.13. The van der Waals surface area contributed by atoms with Crippen LogP contribution in [-0.2, 0) is 16.1 Å². The average molecular weight is 223 g/mol. The molecule has 0 bridgehead atoms. The smallest absolute Gasteiger partial charge is 0.332 e. The molecule has 1 fully saturated rings. The van der Waals surface area contributed by atoms with E-state index < -0.39 is 12.1 Å². The monoisotopic (exact) mass is 223 g/mol. The van der Waals surface area contributed by atoms with Crippen LogP contribution in [0.2, 0.25) is 0 Å². The Labute approximate surface area is 92.3 Å². The Morgan fingerprint density at radius 3 is 2.69 bits per heavy atom. The summed E-state index contributed by atoms with van der Waals surface area (Å²) < 4.78 is 7.19. The second-order valence-corrected chi connectivity index (χ2v) is 3.89. The first kappa shape index (κ1) is 10.9. The van der Waals surface area contributed by atoms with Gasteiger partial charge in [-0.2, -0.15) is 0 Å². The molecule has 1 saturated heterocycles. The fourth-order valence-corrected chi connectivity index (χ4v) is 1.82. The lowest BCUT2D eigenvalue weighted by Crippen LogP contribution is -2.23. The number of carboxylic acid groups (broad SMARTS) is 1. The van der Waals surface area contributed by atoms with Crippen LogP contribution >= 0.6 is 0 Å². The van der Waals surface area contributed by atoms with E-state index in [0.717, 1.165) is 6.42 Å². The standard InChI is InChI=1S/C11H13NO4/c13-8-3-5-12(6-4-8)7-9-1-2-10(16-9)11(14)15/h3-6,9-10H,1-2,7H2,(H,14,15). The molecule has 2 rings (SSSR count). The van der Waals surface area contributed by atoms with Crippen LogP contribution in [0.25, 0.3) is 0 Å². The third-order valence-electron chi connectivity index (χ3n) is 2.66. The zero-order valence-electron chi connectivity index (χ0n) is 8.70. The molecule has 1 aromatic rings. The van der Waals surface area contributed by atoms with Crippen LogP contribution in [-0.4, -0.2) is 27.9 Å². The largest absolute Gasteiger partial charge is 0.479 e. The third kappa shape index (κ3) is 2.49. The molecule has 0 aliphatic carbocycles. The minimum atomic E-state index is -0.901. The van der Waals surface area contributed by atoms with E-state index in [1.165, 1.54) is 12.1 Å². The van der Waals surface area contributed by atoms with E-state index in [0.29, 0.717) is 13.0 Å². The van der Waals surface area contributed by atoms with Gasteiger partial charge < -0.3 is 14.4 Å². The van der Waals surface area contributed by atoms with Crippen molar-refractivity contribution in [2.24, 2.45) is 0 Å². The number of carbonyl (C=O) groups is 1. The number of carboxylic acids is 1. The highest BCUT2D eigenvalue weighted by atomic mass is 16.5. The maximum absolute atomic E-state index is 10.9. The molecule has 1 aromatic heterocycles. The Balaban J connectivity index is 1.94. The molecule has 0 spiro atoms. The maximum atomic E-state index is 10.9. The van der Waals surface area contributed by atoms with E-state index in [1.54, 1.807) is 12.4 Å². The van der Waals surface area contributed by atoms with Crippen molar-refractivity contribution in [1.82, 2.24) is 4.57 Å². The second-order valence-electron chi connectivity index (χ2n) is 3.89. The van der Waals surface area contributed by atoms with Gasteiger partial charge in [0.05, 0.1) is 6.10 Å². The summed E-state index contributed by atoms with van der Waals surface area (Å²) in [5.41, 5.74) is -0.0352. The van der Waals surface area contributed by atoms with Gasteiger partial charge >= 0.3 is 5.97 Å². The van der Waals surface area contributed by atoms with Gasteiger partial charge in [0.15, 0.2) is 11.5 Å². The Hall–Kier alpha value is -1.62. The van der Waals surface area contributed by atoms with Crippen molar-refractivity contribution in [3.05, 3.63) is 34.7 Å². The molecule has 0 amide bonds. The van der Waals surface area contributed by atoms with Crippen molar-refractivity contribution in [1.29, 1.82) is 0 Å². The van der Waals surface area contributed by atoms with Crippen LogP contribution < -0.4 is 5.43 Å². The first-order valence-corrected chi connectivity index (χ1v) is 5.19. The molecule has 0 saturated carbocycles. The Morgan fingerprint density at radius 2 is 2.12 bits per heavy atom. The van der Waals surface area contributed by atoms with Crippen molar-refractivity contribution in [2.45, 2.75) is 31.6 Å². The van der Waals surface area contributed by atoms with Crippen molar-refractivity contribution < 1.29 is 14.6 Å². The number of ether oxygens (including phenoxy) is 1. The summed E-state index contributed by atoms with van der Waals surface area (Å²) in [6.07, 6.45) is 3.90. The minimum Gasteiger partial charge on any atom is -0.479 e. The van der Waals surface area contributed by atoms with Crippen molar-refractivity contribution in [3.8, 4) is 0 Å². The van der Waals surface area contributed by atoms with E-state index in [9.17, 15) is 9.59 Å². The minimum absolute atomic E-state index is 0.0352. The van der Waals surface area contributed by atoms with Crippen molar-refractivity contribution >= 4 is 5.97 Å². The molecule has 86 valence electrons. The van der Waals surface area contributed by atoms with Crippen molar-refractivity contribution in [3.63, 3.8) is 0 Å². The zero-order chi connectivity index (χ0) is 11.5. The first-order valence-electron chi connectivity index (χ1n) is 5.19. The highest BCUT2D eigenvalue weighted by Gasteiger charge is 2.30.